The van der Waals surface area contributed by atoms with E-state index in [0.717, 1.165) is 26.3 Å². The predicted molar refractivity (Wildman–Crippen MR) is 148 cm³/mol. The average molecular weight is 542 g/mol. The van der Waals surface area contributed by atoms with Gasteiger partial charge in [-0.15, -0.1) is 11.3 Å². The van der Waals surface area contributed by atoms with Gasteiger partial charge in [-0.25, -0.2) is 14.6 Å². The van der Waals surface area contributed by atoms with Gasteiger partial charge in [-0.2, -0.15) is 4.90 Å². The Hall–Kier alpha value is -3.50. The van der Waals surface area contributed by atoms with Gasteiger partial charge in [0.05, 0.1) is 11.5 Å². The maximum Gasteiger partial charge on any atom is 0.425 e. The molecule has 2 aromatic heterocycles. The van der Waals surface area contributed by atoms with Crippen LogP contribution in [-0.4, -0.2) is 41.4 Å². The highest BCUT2D eigenvalue weighted by molar-refractivity contribution is 7.14. The molecule has 0 aliphatic carbocycles. The van der Waals surface area contributed by atoms with E-state index in [9.17, 15) is 14.4 Å². The highest BCUT2D eigenvalue weighted by atomic mass is 32.1. The van der Waals surface area contributed by atoms with Crippen molar-refractivity contribution in [3.8, 4) is 0 Å². The minimum absolute atomic E-state index is 0.0984. The number of hydrogen-bond donors (Lipinski definition) is 1. The lowest BCUT2D eigenvalue weighted by Crippen LogP contribution is -2.44. The molecule has 0 unspecified atom stereocenters. The van der Waals surface area contributed by atoms with Crippen LogP contribution >= 0.6 is 11.3 Å². The summed E-state index contributed by atoms with van der Waals surface area (Å²) in [7, 11) is 1.62. The van der Waals surface area contributed by atoms with E-state index >= 15 is 0 Å². The molecule has 2 heterocycles. The van der Waals surface area contributed by atoms with Crippen molar-refractivity contribution in [2.45, 2.75) is 72.8 Å². The number of amides is 3. The van der Waals surface area contributed by atoms with Crippen molar-refractivity contribution in [1.82, 2.24) is 10.3 Å². The van der Waals surface area contributed by atoms with Gasteiger partial charge >= 0.3 is 12.2 Å². The Kier molecular flexibility index (Phi) is 8.79. The van der Waals surface area contributed by atoms with Gasteiger partial charge < -0.3 is 19.5 Å². The molecule has 3 amide bonds. The van der Waals surface area contributed by atoms with E-state index in [4.69, 9.17) is 14.2 Å². The maximum absolute atomic E-state index is 13.1. The summed E-state index contributed by atoms with van der Waals surface area (Å²) < 4.78 is 16.2. The number of aromatic nitrogens is 1. The molecule has 9 nitrogen and oxygen atoms in total. The Morgan fingerprint density at radius 1 is 0.974 bits per heavy atom. The van der Waals surface area contributed by atoms with Crippen molar-refractivity contribution >= 4 is 46.0 Å². The Morgan fingerprint density at radius 3 is 2.18 bits per heavy atom. The molecule has 1 N–H and O–H groups in total. The first-order valence-corrected chi connectivity index (χ1v) is 13.0. The molecule has 1 aromatic carbocycles. The number of anilines is 1. The van der Waals surface area contributed by atoms with Crippen LogP contribution in [0, 0.1) is 6.92 Å². The zero-order valence-corrected chi connectivity index (χ0v) is 23.9. The van der Waals surface area contributed by atoms with Gasteiger partial charge in [0.1, 0.15) is 11.2 Å². The monoisotopic (exact) mass is 541 g/mol. The van der Waals surface area contributed by atoms with Crippen LogP contribution in [0.3, 0.4) is 0 Å². The van der Waals surface area contributed by atoms with Crippen LogP contribution in [0.4, 0.5) is 15.4 Å². The first-order chi connectivity index (χ1) is 17.7. The van der Waals surface area contributed by atoms with Gasteiger partial charge in [0.25, 0.3) is 5.91 Å². The predicted octanol–water partition coefficient (Wildman–Crippen LogP) is 6.36. The minimum atomic E-state index is -0.887. The van der Waals surface area contributed by atoms with E-state index in [0.29, 0.717) is 23.4 Å². The van der Waals surface area contributed by atoms with Crippen molar-refractivity contribution in [3.63, 3.8) is 0 Å². The molecule has 0 atom stereocenters. The Bertz CT molecular complexity index is 1310. The zero-order chi connectivity index (χ0) is 28.3. The summed E-state index contributed by atoms with van der Waals surface area (Å²) in [5.74, 6) is -0.0710. The van der Waals surface area contributed by atoms with E-state index in [1.54, 1.807) is 60.8 Å². The van der Waals surface area contributed by atoms with Crippen LogP contribution < -0.4 is 10.2 Å². The number of nitrogens with zero attached hydrogens (tertiary/aromatic N) is 2. The van der Waals surface area contributed by atoms with Gasteiger partial charge in [0, 0.05) is 30.1 Å². The quantitative estimate of drug-likeness (QED) is 0.387. The van der Waals surface area contributed by atoms with Gasteiger partial charge in [-0.3, -0.25) is 4.79 Å². The van der Waals surface area contributed by atoms with Crippen LogP contribution in [0.15, 0.2) is 36.5 Å². The summed E-state index contributed by atoms with van der Waals surface area (Å²) >= 11 is 1.41. The Morgan fingerprint density at radius 2 is 1.61 bits per heavy atom. The summed E-state index contributed by atoms with van der Waals surface area (Å²) in [6.45, 7) is 13.0. The normalized spacial score (nSPS) is 11.8. The number of imide groups is 1. The third kappa shape index (κ3) is 7.52. The SMILES string of the molecule is COCc1sc(C(=O)NCc2ccc3c(N(C(=O)OC(C)(C)C)C(=O)OC(C)(C)C)nccc3c2)cc1C. The minimum Gasteiger partial charge on any atom is -0.443 e. The Balaban J connectivity index is 1.88. The number of nitrogens with one attached hydrogen (secondary N) is 1. The third-order valence-corrected chi connectivity index (χ3v) is 6.35. The third-order valence-electron chi connectivity index (χ3n) is 5.14. The highest BCUT2D eigenvalue weighted by Crippen LogP contribution is 2.29. The lowest BCUT2D eigenvalue weighted by molar-refractivity contribution is 0.0429. The number of fused-ring (bicyclic) bond motifs is 1. The van der Waals surface area contributed by atoms with E-state index < -0.39 is 23.4 Å². The molecule has 38 heavy (non-hydrogen) atoms. The molecular formula is C28H35N3O6S. The molecule has 3 rings (SSSR count). The lowest BCUT2D eigenvalue weighted by Gasteiger charge is -2.28. The molecule has 0 saturated carbocycles. The topological polar surface area (TPSA) is 107 Å². The van der Waals surface area contributed by atoms with Crippen LogP contribution in [0.25, 0.3) is 10.8 Å². The van der Waals surface area contributed by atoms with Crippen molar-refractivity contribution in [2.24, 2.45) is 0 Å². The first kappa shape index (κ1) is 29.1. The zero-order valence-electron chi connectivity index (χ0n) is 23.1. The molecule has 3 aromatic rings. The second-order valence-corrected chi connectivity index (χ2v) is 12.0. The molecular weight excluding hydrogens is 506 g/mol. The molecule has 0 aliphatic rings. The molecule has 204 valence electrons. The number of pyridine rings is 1. The van der Waals surface area contributed by atoms with Gasteiger partial charge in [0.15, 0.2) is 5.82 Å². The number of rotatable bonds is 6. The van der Waals surface area contributed by atoms with Crippen molar-refractivity contribution in [3.05, 3.63) is 57.4 Å². The molecule has 0 aliphatic heterocycles. The molecule has 0 saturated heterocycles. The van der Waals surface area contributed by atoms with E-state index in [-0.39, 0.29) is 11.7 Å². The fourth-order valence-electron chi connectivity index (χ4n) is 3.54. The summed E-state index contributed by atoms with van der Waals surface area (Å²) in [4.78, 5) is 45.7. The number of methoxy groups -OCH3 is 1. The molecule has 0 spiro atoms. The van der Waals surface area contributed by atoms with E-state index in [2.05, 4.69) is 10.3 Å². The largest absolute Gasteiger partial charge is 0.443 e. The van der Waals surface area contributed by atoms with E-state index in [1.165, 1.54) is 17.5 Å². The van der Waals surface area contributed by atoms with Crippen LogP contribution in [-0.2, 0) is 27.4 Å². The van der Waals surface area contributed by atoms with Crippen molar-refractivity contribution in [2.75, 3.05) is 12.0 Å². The highest BCUT2D eigenvalue weighted by Gasteiger charge is 2.34. The second-order valence-electron chi connectivity index (χ2n) is 10.8. The maximum atomic E-state index is 13.1. The number of carbonyl (C=O) groups is 3. The van der Waals surface area contributed by atoms with Crippen molar-refractivity contribution < 1.29 is 28.6 Å². The smallest absolute Gasteiger partial charge is 0.425 e. The van der Waals surface area contributed by atoms with Gasteiger partial charge in [0.2, 0.25) is 0 Å². The molecule has 0 radical (unpaired) electrons. The average Bonchev–Trinajstić information content (AvgIpc) is 3.16. The number of benzene rings is 1. The number of hydrogen-bond acceptors (Lipinski definition) is 8. The fourth-order valence-corrected chi connectivity index (χ4v) is 4.60. The molecule has 0 bridgehead atoms. The number of ether oxygens (including phenoxy) is 3. The number of thiophene rings is 1. The second kappa shape index (κ2) is 11.5. The fraction of sp³-hybridized carbons (Fsp3) is 0.429. The standard InChI is InChI=1S/C28H35N3O6S/c1-17-13-21(38-22(17)16-35-8)24(32)30-15-18-9-10-20-19(14-18)11-12-29-23(20)31(25(33)36-27(2,3)4)26(34)37-28(5,6)7/h9-14H,15-16H2,1-8H3,(H,30,32). The first-order valence-electron chi connectivity index (χ1n) is 12.2. The Labute approximate surface area is 227 Å². The summed E-state index contributed by atoms with van der Waals surface area (Å²) in [5, 5.41) is 4.23. The summed E-state index contributed by atoms with van der Waals surface area (Å²) in [6.07, 6.45) is -0.266. The van der Waals surface area contributed by atoms with E-state index in [1.807, 2.05) is 25.1 Å². The van der Waals surface area contributed by atoms with Gasteiger partial charge in [-0.1, -0.05) is 12.1 Å². The van der Waals surface area contributed by atoms with Crippen LogP contribution in [0.1, 0.15) is 67.2 Å². The molecule has 10 heteroatoms. The molecule has 0 fully saturated rings. The van der Waals surface area contributed by atoms with Crippen LogP contribution in [0.2, 0.25) is 0 Å². The van der Waals surface area contributed by atoms with Crippen molar-refractivity contribution in [1.29, 1.82) is 0 Å². The lowest BCUT2D eigenvalue weighted by atomic mass is 10.1. The number of aryl methyl sites for hydroxylation is 1. The van der Waals surface area contributed by atoms with Crippen LogP contribution in [0.5, 0.6) is 0 Å². The summed E-state index contributed by atoms with van der Waals surface area (Å²) in [5.41, 5.74) is 0.194. The van der Waals surface area contributed by atoms with Gasteiger partial charge in [-0.05, 0) is 83.2 Å². The summed E-state index contributed by atoms with van der Waals surface area (Å²) in [6, 6.07) is 9.07. The number of carbonyl (C=O) groups excluding carboxylic acids is 3.